The molecule has 0 saturated carbocycles. The summed E-state index contributed by atoms with van der Waals surface area (Å²) >= 11 is 5.85. The topological polar surface area (TPSA) is 46.2 Å². The van der Waals surface area contributed by atoms with Crippen LogP contribution in [0, 0.1) is 0 Å². The van der Waals surface area contributed by atoms with Gasteiger partial charge in [-0.25, -0.2) is 0 Å². The van der Waals surface area contributed by atoms with Gasteiger partial charge in [-0.15, -0.1) is 0 Å². The van der Waals surface area contributed by atoms with E-state index in [1.165, 1.54) is 0 Å². The van der Waals surface area contributed by atoms with E-state index in [0.29, 0.717) is 11.6 Å². The van der Waals surface area contributed by atoms with Crippen molar-refractivity contribution in [3.8, 4) is 16.9 Å². The molecule has 0 saturated heterocycles. The Balaban J connectivity index is 2.38. The van der Waals surface area contributed by atoms with Crippen molar-refractivity contribution >= 4 is 11.6 Å². The average molecular weight is 234 g/mol. The molecule has 3 N–H and O–H groups in total. The lowest BCUT2D eigenvalue weighted by Gasteiger charge is -2.04. The summed E-state index contributed by atoms with van der Waals surface area (Å²) in [5, 5.41) is 9.69. The van der Waals surface area contributed by atoms with Crippen LogP contribution < -0.4 is 5.73 Å². The van der Waals surface area contributed by atoms with Crippen LogP contribution in [0.15, 0.2) is 42.5 Å². The van der Waals surface area contributed by atoms with E-state index in [-0.39, 0.29) is 5.75 Å². The molecule has 2 nitrogen and oxygen atoms in total. The van der Waals surface area contributed by atoms with E-state index in [4.69, 9.17) is 17.3 Å². The number of nitrogens with two attached hydrogens (primary N) is 1. The van der Waals surface area contributed by atoms with E-state index >= 15 is 0 Å². The number of benzene rings is 2. The van der Waals surface area contributed by atoms with Crippen LogP contribution in [0.25, 0.3) is 11.1 Å². The Morgan fingerprint density at radius 1 is 1.00 bits per heavy atom. The van der Waals surface area contributed by atoms with Crippen LogP contribution >= 0.6 is 11.6 Å². The predicted molar refractivity (Wildman–Crippen MR) is 66.4 cm³/mol. The minimum absolute atomic E-state index is 0.101. The van der Waals surface area contributed by atoms with Crippen LogP contribution in [0.1, 0.15) is 5.56 Å². The number of hydrogen-bond donors (Lipinski definition) is 2. The molecule has 2 rings (SSSR count). The van der Waals surface area contributed by atoms with Crippen molar-refractivity contribution in [2.75, 3.05) is 0 Å². The van der Waals surface area contributed by atoms with Crippen molar-refractivity contribution < 1.29 is 5.11 Å². The van der Waals surface area contributed by atoms with E-state index in [9.17, 15) is 5.11 Å². The molecule has 0 unspecified atom stereocenters. The van der Waals surface area contributed by atoms with Gasteiger partial charge in [0.2, 0.25) is 0 Å². The van der Waals surface area contributed by atoms with Gasteiger partial charge in [-0.2, -0.15) is 0 Å². The van der Waals surface area contributed by atoms with E-state index in [0.717, 1.165) is 16.7 Å². The van der Waals surface area contributed by atoms with Crippen LogP contribution in [0.3, 0.4) is 0 Å². The summed E-state index contributed by atoms with van der Waals surface area (Å²) in [6, 6.07) is 13.1. The van der Waals surface area contributed by atoms with E-state index < -0.39 is 0 Å². The molecule has 0 amide bonds. The molecule has 2 aromatic carbocycles. The second-order valence-corrected chi connectivity index (χ2v) is 3.97. The fourth-order valence-electron chi connectivity index (χ4n) is 1.52. The first-order valence-electron chi connectivity index (χ1n) is 4.98. The molecule has 16 heavy (non-hydrogen) atoms. The number of halogens is 1. The minimum atomic E-state index is 0.101. The highest BCUT2D eigenvalue weighted by Crippen LogP contribution is 2.29. The predicted octanol–water partition coefficient (Wildman–Crippen LogP) is 3.17. The van der Waals surface area contributed by atoms with Crippen molar-refractivity contribution in [1.82, 2.24) is 0 Å². The summed E-state index contributed by atoms with van der Waals surface area (Å²) in [4.78, 5) is 0. The van der Waals surface area contributed by atoms with Crippen LogP contribution in [0.5, 0.6) is 5.75 Å². The largest absolute Gasteiger partial charge is 0.506 e. The third-order valence-electron chi connectivity index (χ3n) is 2.47. The lowest BCUT2D eigenvalue weighted by Crippen LogP contribution is -1.95. The van der Waals surface area contributed by atoms with Gasteiger partial charge in [0.15, 0.2) is 0 Å². The lowest BCUT2D eigenvalue weighted by atomic mass is 10.0. The van der Waals surface area contributed by atoms with Gasteiger partial charge in [-0.3, -0.25) is 0 Å². The minimum Gasteiger partial charge on any atom is -0.506 e. The second-order valence-electron chi connectivity index (χ2n) is 3.57. The summed E-state index contributed by atoms with van der Waals surface area (Å²) in [6.45, 7) is 0.538. The van der Waals surface area contributed by atoms with Crippen LogP contribution in [0.4, 0.5) is 0 Å². The zero-order valence-electron chi connectivity index (χ0n) is 8.65. The molecule has 0 aliphatic carbocycles. The summed E-state index contributed by atoms with van der Waals surface area (Å²) in [7, 11) is 0. The van der Waals surface area contributed by atoms with Crippen molar-refractivity contribution in [2.45, 2.75) is 6.54 Å². The van der Waals surface area contributed by atoms with Crippen LogP contribution in [-0.4, -0.2) is 5.11 Å². The van der Waals surface area contributed by atoms with Gasteiger partial charge in [0.25, 0.3) is 0 Å². The summed E-state index contributed by atoms with van der Waals surface area (Å²) in [5.74, 6) is 0.101. The molecule has 2 aromatic rings. The molecule has 0 bridgehead atoms. The molecule has 0 radical (unpaired) electrons. The van der Waals surface area contributed by atoms with E-state index in [1.807, 2.05) is 30.3 Å². The number of phenols is 1. The molecule has 0 aromatic heterocycles. The monoisotopic (exact) mass is 233 g/mol. The summed E-state index contributed by atoms with van der Waals surface area (Å²) < 4.78 is 0. The molecule has 0 aliphatic heterocycles. The van der Waals surface area contributed by atoms with Gasteiger partial charge in [-0.1, -0.05) is 41.9 Å². The highest BCUT2D eigenvalue weighted by Gasteiger charge is 2.02. The normalized spacial score (nSPS) is 10.4. The molecule has 3 heteroatoms. The second kappa shape index (κ2) is 4.56. The van der Waals surface area contributed by atoms with Crippen molar-refractivity contribution in [3.63, 3.8) is 0 Å². The fourth-order valence-corrected chi connectivity index (χ4v) is 1.70. The fraction of sp³-hybridized carbons (Fsp3) is 0.0769. The highest BCUT2D eigenvalue weighted by atomic mass is 35.5. The molecule has 0 heterocycles. The van der Waals surface area contributed by atoms with E-state index in [2.05, 4.69) is 0 Å². The first-order valence-corrected chi connectivity index (χ1v) is 5.36. The number of phenolic OH excluding ortho intramolecular Hbond substituents is 1. The Labute approximate surface area is 99.3 Å². The Morgan fingerprint density at radius 3 is 2.19 bits per heavy atom. The Kier molecular flexibility index (Phi) is 3.13. The van der Waals surface area contributed by atoms with Crippen LogP contribution in [-0.2, 0) is 6.54 Å². The molecule has 0 spiro atoms. The van der Waals surface area contributed by atoms with Crippen molar-refractivity contribution in [1.29, 1.82) is 0 Å². The van der Waals surface area contributed by atoms with Crippen molar-refractivity contribution in [3.05, 3.63) is 53.1 Å². The molecule has 0 aliphatic rings. The molecule has 0 fully saturated rings. The standard InChI is InChI=1S/C13H12ClNO/c14-12-7-11(5-6-13(12)16)10-3-1-9(8-15)2-4-10/h1-7,16H,8,15H2. The van der Waals surface area contributed by atoms with Gasteiger partial charge in [-0.05, 0) is 28.8 Å². The Hall–Kier alpha value is -1.51. The number of aromatic hydroxyl groups is 1. The molecule has 82 valence electrons. The lowest BCUT2D eigenvalue weighted by molar-refractivity contribution is 0.475. The van der Waals surface area contributed by atoms with Gasteiger partial charge < -0.3 is 10.8 Å². The zero-order valence-corrected chi connectivity index (χ0v) is 9.41. The third kappa shape index (κ3) is 2.18. The third-order valence-corrected chi connectivity index (χ3v) is 2.77. The average Bonchev–Trinajstić information content (AvgIpc) is 2.33. The van der Waals surface area contributed by atoms with Crippen molar-refractivity contribution in [2.24, 2.45) is 5.73 Å². The summed E-state index contributed by atoms with van der Waals surface area (Å²) in [5.41, 5.74) is 8.65. The Morgan fingerprint density at radius 2 is 1.62 bits per heavy atom. The van der Waals surface area contributed by atoms with Crippen LogP contribution in [0.2, 0.25) is 5.02 Å². The maximum Gasteiger partial charge on any atom is 0.134 e. The highest BCUT2D eigenvalue weighted by molar-refractivity contribution is 6.32. The quantitative estimate of drug-likeness (QED) is 0.837. The van der Waals surface area contributed by atoms with Gasteiger partial charge in [0.1, 0.15) is 5.75 Å². The van der Waals surface area contributed by atoms with Gasteiger partial charge >= 0.3 is 0 Å². The number of hydrogen-bond acceptors (Lipinski definition) is 2. The van der Waals surface area contributed by atoms with Gasteiger partial charge in [0.05, 0.1) is 5.02 Å². The van der Waals surface area contributed by atoms with Gasteiger partial charge in [0, 0.05) is 6.54 Å². The smallest absolute Gasteiger partial charge is 0.134 e. The maximum absolute atomic E-state index is 9.32. The SMILES string of the molecule is NCc1ccc(-c2ccc(O)c(Cl)c2)cc1. The first-order chi connectivity index (χ1) is 7.70. The Bertz CT molecular complexity index is 494. The zero-order chi connectivity index (χ0) is 11.5. The summed E-state index contributed by atoms with van der Waals surface area (Å²) in [6.07, 6.45) is 0. The first kappa shape index (κ1) is 11.0. The van der Waals surface area contributed by atoms with E-state index in [1.54, 1.807) is 12.1 Å². The molecular weight excluding hydrogens is 222 g/mol. The number of rotatable bonds is 2. The maximum atomic E-state index is 9.32. The molecule has 0 atom stereocenters. The molecular formula is C13H12ClNO.